The summed E-state index contributed by atoms with van der Waals surface area (Å²) < 4.78 is 1.10. The summed E-state index contributed by atoms with van der Waals surface area (Å²) >= 11 is 1.59. The van der Waals surface area contributed by atoms with Gasteiger partial charge < -0.3 is 21.3 Å². The van der Waals surface area contributed by atoms with E-state index in [9.17, 15) is 9.59 Å². The SMILES string of the molecule is CNC(=O)C1CCC(NC(=O)c2cnc(Nc3ccc4ncsc4c3)cc2NC(C)C)C1. The van der Waals surface area contributed by atoms with Gasteiger partial charge in [-0.1, -0.05) is 0 Å². The molecule has 2 atom stereocenters. The van der Waals surface area contributed by atoms with Crippen molar-refractivity contribution in [2.75, 3.05) is 17.7 Å². The first-order valence-corrected chi connectivity index (χ1v) is 11.7. The van der Waals surface area contributed by atoms with Crippen LogP contribution in [0.3, 0.4) is 0 Å². The number of pyridine rings is 1. The highest BCUT2D eigenvalue weighted by atomic mass is 32.1. The molecule has 4 N–H and O–H groups in total. The third-order valence-electron chi connectivity index (χ3n) is 5.58. The quantitative estimate of drug-likeness (QED) is 0.433. The van der Waals surface area contributed by atoms with E-state index in [2.05, 4.69) is 31.2 Å². The predicted molar refractivity (Wildman–Crippen MR) is 129 cm³/mol. The number of aromatic nitrogens is 2. The zero-order valence-electron chi connectivity index (χ0n) is 18.4. The number of thiazole rings is 1. The minimum absolute atomic E-state index is 0.0133. The molecule has 1 aromatic carbocycles. The first kappa shape index (κ1) is 22.0. The van der Waals surface area contributed by atoms with Gasteiger partial charge in [-0.2, -0.15) is 0 Å². The number of rotatable bonds is 7. The topological polar surface area (TPSA) is 108 Å². The Kier molecular flexibility index (Phi) is 6.55. The zero-order chi connectivity index (χ0) is 22.7. The van der Waals surface area contributed by atoms with Crippen LogP contribution in [0.5, 0.6) is 0 Å². The molecule has 9 heteroatoms. The van der Waals surface area contributed by atoms with Gasteiger partial charge in [-0.3, -0.25) is 9.59 Å². The smallest absolute Gasteiger partial charge is 0.255 e. The molecule has 2 heterocycles. The monoisotopic (exact) mass is 452 g/mol. The lowest BCUT2D eigenvalue weighted by molar-refractivity contribution is -0.124. The molecule has 0 bridgehead atoms. The number of hydrogen-bond donors (Lipinski definition) is 4. The van der Waals surface area contributed by atoms with E-state index in [1.54, 1.807) is 24.6 Å². The van der Waals surface area contributed by atoms with E-state index < -0.39 is 0 Å². The minimum atomic E-state index is -0.180. The van der Waals surface area contributed by atoms with Gasteiger partial charge in [-0.25, -0.2) is 9.97 Å². The fourth-order valence-corrected chi connectivity index (χ4v) is 4.75. The molecule has 2 unspecified atom stereocenters. The molecule has 0 spiro atoms. The second-order valence-electron chi connectivity index (χ2n) is 8.37. The predicted octanol–water partition coefficient (Wildman–Crippen LogP) is 3.90. The van der Waals surface area contributed by atoms with Gasteiger partial charge in [0.15, 0.2) is 0 Å². The Morgan fingerprint density at radius 3 is 2.78 bits per heavy atom. The van der Waals surface area contributed by atoms with Gasteiger partial charge >= 0.3 is 0 Å². The summed E-state index contributed by atoms with van der Waals surface area (Å²) in [5.74, 6) is 0.464. The summed E-state index contributed by atoms with van der Waals surface area (Å²) in [5.41, 5.74) is 4.91. The molecule has 0 radical (unpaired) electrons. The molecule has 2 amide bonds. The fraction of sp³-hybridized carbons (Fsp3) is 0.391. The molecule has 0 aliphatic heterocycles. The molecule has 8 nitrogen and oxygen atoms in total. The second-order valence-corrected chi connectivity index (χ2v) is 9.25. The average molecular weight is 453 g/mol. The lowest BCUT2D eigenvalue weighted by Crippen LogP contribution is -2.35. The van der Waals surface area contributed by atoms with E-state index in [1.807, 2.05) is 43.6 Å². The van der Waals surface area contributed by atoms with Crippen molar-refractivity contribution in [2.24, 2.45) is 5.92 Å². The molecule has 1 aliphatic carbocycles. The van der Waals surface area contributed by atoms with E-state index in [0.717, 1.165) is 34.4 Å². The number of benzene rings is 1. The number of nitrogens with one attached hydrogen (secondary N) is 4. The van der Waals surface area contributed by atoms with Crippen LogP contribution >= 0.6 is 11.3 Å². The molecule has 168 valence electrons. The van der Waals surface area contributed by atoms with E-state index in [0.29, 0.717) is 17.8 Å². The Bertz CT molecular complexity index is 1130. The van der Waals surface area contributed by atoms with Crippen LogP contribution in [-0.4, -0.2) is 40.9 Å². The lowest BCUT2D eigenvalue weighted by atomic mass is 10.1. The Balaban J connectivity index is 1.50. The van der Waals surface area contributed by atoms with Crippen LogP contribution < -0.4 is 21.3 Å². The van der Waals surface area contributed by atoms with E-state index >= 15 is 0 Å². The van der Waals surface area contributed by atoms with E-state index in [1.165, 1.54) is 0 Å². The van der Waals surface area contributed by atoms with Crippen LogP contribution in [-0.2, 0) is 4.79 Å². The first-order valence-electron chi connectivity index (χ1n) is 10.8. The Labute approximate surface area is 191 Å². The van der Waals surface area contributed by atoms with Crippen molar-refractivity contribution in [3.63, 3.8) is 0 Å². The maximum absolute atomic E-state index is 13.0. The summed E-state index contributed by atoms with van der Waals surface area (Å²) in [6.07, 6.45) is 3.83. The molecule has 3 aromatic rings. The molecule has 32 heavy (non-hydrogen) atoms. The van der Waals surface area contributed by atoms with Crippen LogP contribution in [0.25, 0.3) is 10.2 Å². The number of fused-ring (bicyclic) bond motifs is 1. The van der Waals surface area contributed by atoms with Crippen molar-refractivity contribution in [1.29, 1.82) is 0 Å². The molecule has 1 aliphatic rings. The van der Waals surface area contributed by atoms with Crippen molar-refractivity contribution in [3.05, 3.63) is 41.5 Å². The summed E-state index contributed by atoms with van der Waals surface area (Å²) in [6, 6.07) is 7.96. The highest BCUT2D eigenvalue weighted by Crippen LogP contribution is 2.28. The number of carbonyl (C=O) groups is 2. The number of nitrogens with zero attached hydrogens (tertiary/aromatic N) is 2. The summed E-state index contributed by atoms with van der Waals surface area (Å²) in [4.78, 5) is 33.7. The van der Waals surface area contributed by atoms with E-state index in [4.69, 9.17) is 0 Å². The third kappa shape index (κ3) is 4.99. The standard InChI is InChI=1S/C23H28N6O2S/c1-13(2)27-19-10-21(28-16-6-7-18-20(9-16)32-12-26-18)25-11-17(19)23(31)29-15-5-4-14(8-15)22(30)24-3/h6-7,9-15H,4-5,8H2,1-3H3,(H,24,30)(H,29,31)(H2,25,27,28). The Morgan fingerprint density at radius 2 is 2.00 bits per heavy atom. The lowest BCUT2D eigenvalue weighted by Gasteiger charge is -2.18. The van der Waals surface area contributed by atoms with Crippen LogP contribution in [0.4, 0.5) is 17.2 Å². The van der Waals surface area contributed by atoms with Gasteiger partial charge in [0.2, 0.25) is 5.91 Å². The highest BCUT2D eigenvalue weighted by Gasteiger charge is 2.30. The van der Waals surface area contributed by atoms with Gasteiger partial charge in [0.1, 0.15) is 5.82 Å². The van der Waals surface area contributed by atoms with Gasteiger partial charge in [0.25, 0.3) is 5.91 Å². The Morgan fingerprint density at radius 1 is 1.16 bits per heavy atom. The number of hydrogen-bond acceptors (Lipinski definition) is 7. The molecular weight excluding hydrogens is 424 g/mol. The molecular formula is C23H28N6O2S. The van der Waals surface area contributed by atoms with Crippen LogP contribution in [0, 0.1) is 5.92 Å². The van der Waals surface area contributed by atoms with Crippen molar-refractivity contribution in [1.82, 2.24) is 20.6 Å². The largest absolute Gasteiger partial charge is 0.382 e. The molecule has 0 saturated heterocycles. The molecule has 2 aromatic heterocycles. The second kappa shape index (κ2) is 9.52. The van der Waals surface area contributed by atoms with Crippen LogP contribution in [0.15, 0.2) is 36.0 Å². The van der Waals surface area contributed by atoms with Crippen molar-refractivity contribution >= 4 is 50.6 Å². The van der Waals surface area contributed by atoms with Crippen LogP contribution in [0.1, 0.15) is 43.5 Å². The summed E-state index contributed by atoms with van der Waals surface area (Å²) in [5, 5.41) is 12.4. The summed E-state index contributed by atoms with van der Waals surface area (Å²) in [7, 11) is 1.65. The normalized spacial score (nSPS) is 18.0. The van der Waals surface area contributed by atoms with Crippen molar-refractivity contribution < 1.29 is 9.59 Å². The van der Waals surface area contributed by atoms with Crippen molar-refractivity contribution in [3.8, 4) is 0 Å². The Hall–Kier alpha value is -3.20. The maximum Gasteiger partial charge on any atom is 0.255 e. The van der Waals surface area contributed by atoms with Gasteiger partial charge in [0, 0.05) is 43.0 Å². The number of anilines is 3. The van der Waals surface area contributed by atoms with Crippen LogP contribution in [0.2, 0.25) is 0 Å². The molecule has 1 saturated carbocycles. The fourth-order valence-electron chi connectivity index (χ4n) is 4.03. The van der Waals surface area contributed by atoms with Gasteiger partial charge in [0.05, 0.1) is 27.0 Å². The number of carbonyl (C=O) groups excluding carboxylic acids is 2. The van der Waals surface area contributed by atoms with E-state index in [-0.39, 0.29) is 29.8 Å². The highest BCUT2D eigenvalue weighted by molar-refractivity contribution is 7.16. The third-order valence-corrected chi connectivity index (χ3v) is 6.37. The molecule has 1 fully saturated rings. The van der Waals surface area contributed by atoms with Gasteiger partial charge in [-0.05, 0) is 51.3 Å². The number of amides is 2. The minimum Gasteiger partial charge on any atom is -0.382 e. The average Bonchev–Trinajstić information content (AvgIpc) is 3.42. The van der Waals surface area contributed by atoms with Gasteiger partial charge in [-0.15, -0.1) is 11.3 Å². The zero-order valence-corrected chi connectivity index (χ0v) is 19.3. The molecule has 4 rings (SSSR count). The first-order chi connectivity index (χ1) is 15.4. The maximum atomic E-state index is 13.0. The van der Waals surface area contributed by atoms with Crippen molar-refractivity contribution in [2.45, 2.75) is 45.2 Å². The summed E-state index contributed by atoms with van der Waals surface area (Å²) in [6.45, 7) is 4.05.